The number of non-ortho nitro benzene ring substituents is 1. The number of likely N-dealkylation sites (tertiary alicyclic amines) is 1. The van der Waals surface area contributed by atoms with Crippen molar-refractivity contribution in [2.24, 2.45) is 0 Å². The molecule has 0 atom stereocenters. The minimum atomic E-state index is -0.618. The summed E-state index contributed by atoms with van der Waals surface area (Å²) in [6.07, 6.45) is 2.35. The van der Waals surface area contributed by atoms with Crippen LogP contribution in [0.2, 0.25) is 0 Å². The molecule has 1 aromatic carbocycles. The number of nitriles is 1. The van der Waals surface area contributed by atoms with Crippen molar-refractivity contribution in [2.75, 3.05) is 25.0 Å². The van der Waals surface area contributed by atoms with Crippen LogP contribution in [-0.4, -0.2) is 47.6 Å². The Morgan fingerprint density at radius 2 is 2.00 bits per heavy atom. The van der Waals surface area contributed by atoms with E-state index in [9.17, 15) is 25.0 Å². The van der Waals surface area contributed by atoms with Gasteiger partial charge in [-0.05, 0) is 31.9 Å². The number of nitrogens with zero attached hydrogens (tertiary/aromatic N) is 3. The highest BCUT2D eigenvalue weighted by molar-refractivity contribution is 6.06. The van der Waals surface area contributed by atoms with Crippen LogP contribution in [0.3, 0.4) is 0 Å². The molecule has 2 rings (SSSR count). The number of benzene rings is 1. The van der Waals surface area contributed by atoms with Crippen molar-refractivity contribution in [1.29, 1.82) is 5.26 Å². The number of amides is 2. The van der Waals surface area contributed by atoms with Crippen LogP contribution >= 0.6 is 0 Å². The Kier molecular flexibility index (Phi) is 7.33. The highest BCUT2D eigenvalue weighted by atomic mass is 16.6. The van der Waals surface area contributed by atoms with E-state index in [0.29, 0.717) is 38.2 Å². The van der Waals surface area contributed by atoms with Gasteiger partial charge in [-0.3, -0.25) is 14.9 Å². The molecule has 10 heteroatoms. The summed E-state index contributed by atoms with van der Waals surface area (Å²) < 4.78 is 4.96. The van der Waals surface area contributed by atoms with Gasteiger partial charge in [0.1, 0.15) is 11.6 Å². The average Bonchev–Trinajstić information content (AvgIpc) is 2.69. The number of hydrogen-bond acceptors (Lipinski definition) is 7. The molecular weight excluding hydrogens is 366 g/mol. The molecule has 0 aliphatic carbocycles. The molecule has 148 valence electrons. The Morgan fingerprint density at radius 3 is 2.54 bits per heavy atom. The minimum absolute atomic E-state index is 0.0289. The molecule has 0 unspecified atom stereocenters. The minimum Gasteiger partial charge on any atom is -0.450 e. The number of rotatable bonds is 6. The average molecular weight is 387 g/mol. The van der Waals surface area contributed by atoms with Gasteiger partial charge in [-0.15, -0.1) is 0 Å². The smallest absolute Gasteiger partial charge is 0.409 e. The van der Waals surface area contributed by atoms with E-state index in [0.717, 1.165) is 0 Å². The van der Waals surface area contributed by atoms with Gasteiger partial charge in [0, 0.05) is 43.2 Å². The van der Waals surface area contributed by atoms with Gasteiger partial charge in [0.05, 0.1) is 11.5 Å². The van der Waals surface area contributed by atoms with Gasteiger partial charge < -0.3 is 20.3 Å². The molecule has 10 nitrogen and oxygen atoms in total. The highest BCUT2D eigenvalue weighted by Gasteiger charge is 2.23. The third-order valence-corrected chi connectivity index (χ3v) is 4.19. The first-order valence-corrected chi connectivity index (χ1v) is 8.78. The fraction of sp³-hybridized carbons (Fsp3) is 0.389. The molecule has 1 aliphatic heterocycles. The van der Waals surface area contributed by atoms with Crippen molar-refractivity contribution in [2.45, 2.75) is 25.8 Å². The number of piperidine rings is 1. The van der Waals surface area contributed by atoms with E-state index in [-0.39, 0.29) is 23.4 Å². The van der Waals surface area contributed by atoms with Gasteiger partial charge in [-0.2, -0.15) is 5.26 Å². The topological polar surface area (TPSA) is 138 Å². The van der Waals surface area contributed by atoms with Gasteiger partial charge in [-0.1, -0.05) is 0 Å². The number of carbonyl (C=O) groups excluding carboxylic acids is 2. The standard InChI is InChI=1S/C18H21N5O5/c1-2-28-18(25)22-9-7-14(8-10-22)20-12-13(11-19)17(24)21-15-3-5-16(6-4-15)23(26)27/h3-6,12,14,20H,2,7-10H2,1H3,(H,21,24)/b13-12-. The van der Waals surface area contributed by atoms with Crippen LogP contribution in [0, 0.1) is 21.4 Å². The Bertz CT molecular complexity index is 792. The molecule has 1 aliphatic rings. The van der Waals surface area contributed by atoms with Crippen molar-refractivity contribution in [1.82, 2.24) is 10.2 Å². The fourth-order valence-electron chi connectivity index (χ4n) is 2.66. The number of carbonyl (C=O) groups is 2. The third-order valence-electron chi connectivity index (χ3n) is 4.19. The van der Waals surface area contributed by atoms with Gasteiger partial charge >= 0.3 is 6.09 Å². The first-order valence-electron chi connectivity index (χ1n) is 8.78. The molecule has 0 spiro atoms. The predicted molar refractivity (Wildman–Crippen MR) is 100 cm³/mol. The number of ether oxygens (including phenoxy) is 1. The summed E-state index contributed by atoms with van der Waals surface area (Å²) in [5, 5.41) is 25.4. The number of nitro benzene ring substituents is 1. The van der Waals surface area contributed by atoms with E-state index >= 15 is 0 Å². The number of nitrogens with one attached hydrogen (secondary N) is 2. The fourth-order valence-corrected chi connectivity index (χ4v) is 2.66. The molecular formula is C18H21N5O5. The number of anilines is 1. The molecule has 1 saturated heterocycles. The lowest BCUT2D eigenvalue weighted by Crippen LogP contribution is -2.44. The molecule has 1 fully saturated rings. The van der Waals surface area contributed by atoms with Crippen LogP contribution in [0.4, 0.5) is 16.2 Å². The second kappa shape index (κ2) is 9.91. The van der Waals surface area contributed by atoms with Gasteiger partial charge in [0.2, 0.25) is 0 Å². The lowest BCUT2D eigenvalue weighted by molar-refractivity contribution is -0.384. The van der Waals surface area contributed by atoms with Crippen molar-refractivity contribution >= 4 is 23.4 Å². The van der Waals surface area contributed by atoms with Crippen molar-refractivity contribution in [3.63, 3.8) is 0 Å². The summed E-state index contributed by atoms with van der Waals surface area (Å²) in [7, 11) is 0. The molecule has 0 aromatic heterocycles. The lowest BCUT2D eigenvalue weighted by atomic mass is 10.1. The molecule has 1 aromatic rings. The number of nitro groups is 1. The summed E-state index contributed by atoms with van der Waals surface area (Å²) in [5.41, 5.74) is 0.135. The van der Waals surface area contributed by atoms with Crippen LogP contribution < -0.4 is 10.6 Å². The Labute approximate surface area is 161 Å². The SMILES string of the molecule is CCOC(=O)N1CCC(N/C=C(/C#N)C(=O)Nc2ccc([N+](=O)[O-])cc2)CC1. The van der Waals surface area contributed by atoms with Crippen LogP contribution in [0.15, 0.2) is 36.0 Å². The summed E-state index contributed by atoms with van der Waals surface area (Å²) in [4.78, 5) is 35.6. The van der Waals surface area contributed by atoms with E-state index in [1.54, 1.807) is 11.8 Å². The lowest BCUT2D eigenvalue weighted by Gasteiger charge is -2.31. The maximum atomic E-state index is 12.2. The van der Waals surface area contributed by atoms with Crippen LogP contribution in [0.5, 0.6) is 0 Å². The molecule has 0 radical (unpaired) electrons. The van der Waals surface area contributed by atoms with Crippen LogP contribution in [-0.2, 0) is 9.53 Å². The summed E-state index contributed by atoms with van der Waals surface area (Å²) in [6.45, 7) is 3.14. The Morgan fingerprint density at radius 1 is 1.36 bits per heavy atom. The van der Waals surface area contributed by atoms with Gasteiger partial charge in [0.25, 0.3) is 11.6 Å². The summed E-state index contributed by atoms with van der Waals surface area (Å²) in [5.74, 6) is -0.618. The van der Waals surface area contributed by atoms with Gasteiger partial charge in [0.15, 0.2) is 0 Å². The Hall–Kier alpha value is -3.61. The predicted octanol–water partition coefficient (Wildman–Crippen LogP) is 2.15. The summed E-state index contributed by atoms with van der Waals surface area (Å²) in [6, 6.07) is 7.17. The monoisotopic (exact) mass is 387 g/mol. The second-order valence-corrected chi connectivity index (χ2v) is 6.05. The zero-order chi connectivity index (χ0) is 20.5. The number of hydrogen-bond donors (Lipinski definition) is 2. The second-order valence-electron chi connectivity index (χ2n) is 6.05. The van der Waals surface area contributed by atoms with E-state index in [1.807, 2.05) is 6.07 Å². The van der Waals surface area contributed by atoms with Crippen molar-refractivity contribution in [3.8, 4) is 6.07 Å². The van der Waals surface area contributed by atoms with Crippen molar-refractivity contribution in [3.05, 3.63) is 46.2 Å². The Balaban J connectivity index is 1.88. The first-order chi connectivity index (χ1) is 13.4. The molecule has 1 heterocycles. The third kappa shape index (κ3) is 5.70. The molecule has 0 bridgehead atoms. The van der Waals surface area contributed by atoms with Gasteiger partial charge in [-0.25, -0.2) is 4.79 Å². The molecule has 0 saturated carbocycles. The van der Waals surface area contributed by atoms with Crippen molar-refractivity contribution < 1.29 is 19.2 Å². The van der Waals surface area contributed by atoms with E-state index in [1.165, 1.54) is 30.5 Å². The van der Waals surface area contributed by atoms with Crippen LogP contribution in [0.1, 0.15) is 19.8 Å². The molecule has 28 heavy (non-hydrogen) atoms. The normalized spacial score (nSPS) is 14.7. The zero-order valence-electron chi connectivity index (χ0n) is 15.4. The maximum absolute atomic E-state index is 12.2. The molecule has 2 amide bonds. The quantitative estimate of drug-likeness (QED) is 0.330. The zero-order valence-corrected chi connectivity index (χ0v) is 15.4. The largest absolute Gasteiger partial charge is 0.450 e. The first kappa shape index (κ1) is 20.7. The van der Waals surface area contributed by atoms with Crippen LogP contribution in [0.25, 0.3) is 0 Å². The van der Waals surface area contributed by atoms with E-state index in [2.05, 4.69) is 10.6 Å². The molecule has 2 N–H and O–H groups in total. The van der Waals surface area contributed by atoms with E-state index < -0.39 is 10.8 Å². The van der Waals surface area contributed by atoms with E-state index in [4.69, 9.17) is 4.74 Å². The highest BCUT2D eigenvalue weighted by Crippen LogP contribution is 2.16. The maximum Gasteiger partial charge on any atom is 0.409 e. The summed E-state index contributed by atoms with van der Waals surface area (Å²) >= 11 is 0.